The number of benzene rings is 1. The number of aromatic carboxylic acids is 1. The number of hydrogen-bond donors (Lipinski definition) is 1. The van der Waals surface area contributed by atoms with Crippen molar-refractivity contribution in [2.75, 3.05) is 0 Å². The average molecular weight is 242 g/mol. The lowest BCUT2D eigenvalue weighted by atomic mass is 10.2. The number of carbonyl (C=O) groups is 1. The molecule has 0 aliphatic carbocycles. The second-order valence-electron chi connectivity index (χ2n) is 4.02. The van der Waals surface area contributed by atoms with Crippen LogP contribution in [0.15, 0.2) is 41.1 Å². The number of carboxylic acid groups (broad SMARTS) is 1. The summed E-state index contributed by atoms with van der Waals surface area (Å²) in [5.74, 6) is -0.766. The lowest BCUT2D eigenvalue weighted by Gasteiger charge is -2.01. The molecule has 0 fully saturated rings. The molecule has 1 N–H and O–H groups in total. The van der Waals surface area contributed by atoms with Crippen LogP contribution in [-0.2, 0) is 7.05 Å². The summed E-state index contributed by atoms with van der Waals surface area (Å²) in [7, 11) is 1.87. The molecule has 0 aliphatic rings. The van der Waals surface area contributed by atoms with Crippen molar-refractivity contribution in [1.29, 1.82) is 0 Å². The highest BCUT2D eigenvalue weighted by molar-refractivity contribution is 5.95. The van der Waals surface area contributed by atoms with Gasteiger partial charge in [0.2, 0.25) is 0 Å². The molecule has 5 nitrogen and oxygen atoms in total. The fourth-order valence-corrected chi connectivity index (χ4v) is 2.08. The van der Waals surface area contributed by atoms with Crippen LogP contribution in [-0.4, -0.2) is 20.8 Å². The monoisotopic (exact) mass is 242 g/mol. The van der Waals surface area contributed by atoms with Crippen molar-refractivity contribution in [3.8, 4) is 11.5 Å². The Hall–Kier alpha value is -2.56. The van der Waals surface area contributed by atoms with Gasteiger partial charge in [-0.1, -0.05) is 23.4 Å². The van der Waals surface area contributed by atoms with E-state index in [2.05, 4.69) is 5.16 Å². The maximum atomic E-state index is 11.1. The Labute approximate surface area is 102 Å². The van der Waals surface area contributed by atoms with Crippen LogP contribution in [0.4, 0.5) is 0 Å². The van der Waals surface area contributed by atoms with Crippen LogP contribution in [0.2, 0.25) is 0 Å². The first-order valence-electron chi connectivity index (χ1n) is 5.41. The van der Waals surface area contributed by atoms with E-state index in [1.165, 1.54) is 6.20 Å². The smallest absolute Gasteiger partial charge is 0.341 e. The van der Waals surface area contributed by atoms with Gasteiger partial charge in [-0.3, -0.25) is 0 Å². The van der Waals surface area contributed by atoms with Crippen molar-refractivity contribution in [3.63, 3.8) is 0 Å². The Balaban J connectivity index is 2.29. The van der Waals surface area contributed by atoms with E-state index in [-0.39, 0.29) is 11.3 Å². The van der Waals surface area contributed by atoms with Crippen molar-refractivity contribution in [2.24, 2.45) is 7.05 Å². The molecule has 0 aliphatic heterocycles. The van der Waals surface area contributed by atoms with Gasteiger partial charge in [-0.25, -0.2) is 4.79 Å². The van der Waals surface area contributed by atoms with Crippen molar-refractivity contribution >= 4 is 16.9 Å². The van der Waals surface area contributed by atoms with Gasteiger partial charge < -0.3 is 14.2 Å². The molecule has 0 unspecified atom stereocenters. The highest BCUT2D eigenvalue weighted by Crippen LogP contribution is 2.29. The molecule has 5 heteroatoms. The van der Waals surface area contributed by atoms with Crippen LogP contribution in [0, 0.1) is 0 Å². The molecule has 2 aromatic heterocycles. The minimum atomic E-state index is -1.04. The summed E-state index contributed by atoms with van der Waals surface area (Å²) in [5, 5.41) is 13.7. The molecule has 0 amide bonds. The highest BCUT2D eigenvalue weighted by Gasteiger charge is 2.20. The summed E-state index contributed by atoms with van der Waals surface area (Å²) >= 11 is 0. The molecule has 3 rings (SSSR count). The molecule has 1 aromatic carbocycles. The summed E-state index contributed by atoms with van der Waals surface area (Å²) < 4.78 is 6.96. The van der Waals surface area contributed by atoms with E-state index in [0.29, 0.717) is 5.69 Å². The lowest BCUT2D eigenvalue weighted by molar-refractivity contribution is 0.0697. The van der Waals surface area contributed by atoms with Gasteiger partial charge >= 0.3 is 5.97 Å². The molecule has 0 bridgehead atoms. The van der Waals surface area contributed by atoms with Gasteiger partial charge in [-0.15, -0.1) is 0 Å². The molecule has 0 spiro atoms. The molecule has 0 saturated carbocycles. The lowest BCUT2D eigenvalue weighted by Crippen LogP contribution is -1.98. The van der Waals surface area contributed by atoms with E-state index in [0.717, 1.165) is 10.9 Å². The zero-order valence-corrected chi connectivity index (χ0v) is 9.62. The highest BCUT2D eigenvalue weighted by atomic mass is 16.5. The minimum absolute atomic E-state index is 0.0703. The van der Waals surface area contributed by atoms with Crippen LogP contribution < -0.4 is 0 Å². The van der Waals surface area contributed by atoms with Crippen molar-refractivity contribution in [2.45, 2.75) is 0 Å². The molecule has 0 saturated heterocycles. The standard InChI is InChI=1S/C13H10N2O3/c1-15-10-5-3-2-4-8(10)6-11(15)12-9(13(16)17)7-14-18-12/h2-7H,1H3,(H,16,17). The Bertz CT molecular complexity index is 740. The van der Waals surface area contributed by atoms with Crippen LogP contribution in [0.5, 0.6) is 0 Å². The summed E-state index contributed by atoms with van der Waals surface area (Å²) in [5.41, 5.74) is 1.78. The molecule has 90 valence electrons. The predicted octanol–water partition coefficient (Wildman–Crippen LogP) is 2.53. The average Bonchev–Trinajstić information content (AvgIpc) is 2.94. The van der Waals surface area contributed by atoms with E-state index < -0.39 is 5.97 Å². The number of hydrogen-bond acceptors (Lipinski definition) is 3. The quantitative estimate of drug-likeness (QED) is 0.749. The van der Waals surface area contributed by atoms with E-state index in [9.17, 15) is 4.79 Å². The van der Waals surface area contributed by atoms with Gasteiger partial charge in [-0.2, -0.15) is 0 Å². The summed E-state index contributed by atoms with van der Waals surface area (Å²) in [6, 6.07) is 9.70. The fraction of sp³-hybridized carbons (Fsp3) is 0.0769. The fourth-order valence-electron chi connectivity index (χ4n) is 2.08. The third-order valence-corrected chi connectivity index (χ3v) is 2.99. The van der Waals surface area contributed by atoms with Gasteiger partial charge in [0.1, 0.15) is 5.56 Å². The predicted molar refractivity (Wildman–Crippen MR) is 65.4 cm³/mol. The number of para-hydroxylation sites is 1. The molecular weight excluding hydrogens is 232 g/mol. The van der Waals surface area contributed by atoms with Gasteiger partial charge in [0.05, 0.1) is 11.9 Å². The summed E-state index contributed by atoms with van der Waals surface area (Å²) in [6.45, 7) is 0. The minimum Gasteiger partial charge on any atom is -0.477 e. The maximum absolute atomic E-state index is 11.1. The van der Waals surface area contributed by atoms with Crippen LogP contribution in [0.25, 0.3) is 22.4 Å². The third kappa shape index (κ3) is 1.41. The number of aromatic nitrogens is 2. The second-order valence-corrected chi connectivity index (χ2v) is 4.02. The zero-order valence-electron chi connectivity index (χ0n) is 9.62. The molecule has 0 atom stereocenters. The van der Waals surface area contributed by atoms with Crippen molar-refractivity contribution in [1.82, 2.24) is 9.72 Å². The number of rotatable bonds is 2. The zero-order chi connectivity index (χ0) is 12.7. The third-order valence-electron chi connectivity index (χ3n) is 2.99. The van der Waals surface area contributed by atoms with E-state index in [4.69, 9.17) is 9.63 Å². The Morgan fingerprint density at radius 2 is 2.17 bits per heavy atom. The van der Waals surface area contributed by atoms with E-state index in [1.807, 2.05) is 41.9 Å². The van der Waals surface area contributed by atoms with Crippen LogP contribution in [0.3, 0.4) is 0 Å². The first-order chi connectivity index (χ1) is 8.68. The molecule has 2 heterocycles. The first kappa shape index (κ1) is 10.6. The van der Waals surface area contributed by atoms with Gasteiger partial charge in [0.15, 0.2) is 5.76 Å². The Morgan fingerprint density at radius 3 is 2.89 bits per heavy atom. The van der Waals surface area contributed by atoms with E-state index in [1.54, 1.807) is 0 Å². The van der Waals surface area contributed by atoms with Crippen LogP contribution >= 0.6 is 0 Å². The normalized spacial score (nSPS) is 10.9. The second kappa shape index (κ2) is 3.73. The summed E-state index contributed by atoms with van der Waals surface area (Å²) in [6.07, 6.45) is 1.22. The topological polar surface area (TPSA) is 68.3 Å². The number of nitrogens with zero attached hydrogens (tertiary/aromatic N) is 2. The van der Waals surface area contributed by atoms with Gasteiger partial charge in [-0.05, 0) is 12.1 Å². The Kier molecular flexibility index (Phi) is 2.19. The largest absolute Gasteiger partial charge is 0.477 e. The van der Waals surface area contributed by atoms with Crippen molar-refractivity contribution in [3.05, 3.63) is 42.1 Å². The molecular formula is C13H10N2O3. The molecule has 18 heavy (non-hydrogen) atoms. The SMILES string of the molecule is Cn1c(-c2oncc2C(=O)O)cc2ccccc21. The first-order valence-corrected chi connectivity index (χ1v) is 5.41. The number of carboxylic acids is 1. The van der Waals surface area contributed by atoms with Gasteiger partial charge in [0, 0.05) is 18.0 Å². The van der Waals surface area contributed by atoms with Crippen LogP contribution in [0.1, 0.15) is 10.4 Å². The maximum Gasteiger partial charge on any atom is 0.341 e. The summed E-state index contributed by atoms with van der Waals surface area (Å²) in [4.78, 5) is 11.1. The van der Waals surface area contributed by atoms with E-state index >= 15 is 0 Å². The van der Waals surface area contributed by atoms with Crippen molar-refractivity contribution < 1.29 is 14.4 Å². The van der Waals surface area contributed by atoms with Gasteiger partial charge in [0.25, 0.3) is 0 Å². The number of aryl methyl sites for hydroxylation is 1. The Morgan fingerprint density at radius 1 is 1.39 bits per heavy atom. The molecule has 3 aromatic rings. The molecule has 0 radical (unpaired) electrons. The number of fused-ring (bicyclic) bond motifs is 1.